The molecule has 1 aromatic heterocycles. The molecule has 2 aromatic carbocycles. The van der Waals surface area contributed by atoms with Crippen molar-refractivity contribution in [1.29, 1.82) is 0 Å². The van der Waals surface area contributed by atoms with Crippen molar-refractivity contribution in [2.45, 2.75) is 45.6 Å². The first-order valence-corrected chi connectivity index (χ1v) is 9.67. The van der Waals surface area contributed by atoms with Crippen LogP contribution >= 0.6 is 0 Å². The van der Waals surface area contributed by atoms with Gasteiger partial charge in [-0.25, -0.2) is 0 Å². The van der Waals surface area contributed by atoms with Crippen molar-refractivity contribution in [2.24, 2.45) is 0 Å². The number of nitrogens with one attached hydrogen (secondary N) is 2. The number of aromatic amines is 1. The Morgan fingerprint density at radius 2 is 1.89 bits per heavy atom. The Kier molecular flexibility index (Phi) is 4.88. The van der Waals surface area contributed by atoms with Crippen LogP contribution in [0.15, 0.2) is 42.5 Å². The molecular weight excluding hydrogens is 336 g/mol. The third-order valence-corrected chi connectivity index (χ3v) is 5.25. The zero-order valence-electron chi connectivity index (χ0n) is 16.0. The number of carbonyl (C=O) groups excluding carboxylic acids is 1. The average molecular weight is 362 g/mol. The van der Waals surface area contributed by atoms with Crippen LogP contribution in [0.4, 0.5) is 0 Å². The zero-order chi connectivity index (χ0) is 18.8. The summed E-state index contributed by atoms with van der Waals surface area (Å²) < 4.78 is 5.69. The van der Waals surface area contributed by atoms with Gasteiger partial charge in [-0.3, -0.25) is 4.79 Å². The van der Waals surface area contributed by atoms with E-state index in [4.69, 9.17) is 4.74 Å². The molecule has 27 heavy (non-hydrogen) atoms. The number of hydrogen-bond donors (Lipinski definition) is 2. The van der Waals surface area contributed by atoms with Crippen LogP contribution in [0.3, 0.4) is 0 Å². The fourth-order valence-corrected chi connectivity index (χ4v) is 3.85. The number of rotatable bonds is 6. The highest BCUT2D eigenvalue weighted by Crippen LogP contribution is 2.30. The topological polar surface area (TPSA) is 54.1 Å². The molecule has 2 N–H and O–H groups in total. The maximum atomic E-state index is 12.3. The molecule has 1 amide bonds. The molecule has 1 aliphatic rings. The summed E-state index contributed by atoms with van der Waals surface area (Å²) in [5, 5.41) is 4.48. The van der Waals surface area contributed by atoms with E-state index in [1.54, 1.807) is 0 Å². The van der Waals surface area contributed by atoms with Gasteiger partial charge in [-0.15, -0.1) is 0 Å². The van der Waals surface area contributed by atoms with Crippen LogP contribution in [0.1, 0.15) is 35.2 Å². The van der Waals surface area contributed by atoms with E-state index >= 15 is 0 Å². The Balaban J connectivity index is 1.24. The van der Waals surface area contributed by atoms with E-state index in [1.165, 1.54) is 33.3 Å². The molecule has 4 nitrogen and oxygen atoms in total. The molecule has 0 saturated heterocycles. The summed E-state index contributed by atoms with van der Waals surface area (Å²) in [5.74, 6) is 0.968. The molecule has 4 rings (SSSR count). The number of aromatic nitrogens is 1. The largest absolute Gasteiger partial charge is 0.494 e. The number of fused-ring (bicyclic) bond motifs is 3. The van der Waals surface area contributed by atoms with Crippen molar-refractivity contribution in [1.82, 2.24) is 10.3 Å². The Hall–Kier alpha value is -2.75. The second-order valence-corrected chi connectivity index (χ2v) is 7.57. The summed E-state index contributed by atoms with van der Waals surface area (Å²) in [7, 11) is 0. The highest BCUT2D eigenvalue weighted by Gasteiger charge is 2.26. The summed E-state index contributed by atoms with van der Waals surface area (Å²) in [6.07, 6.45) is 3.01. The van der Waals surface area contributed by atoms with E-state index in [9.17, 15) is 4.79 Å². The Labute approximate surface area is 159 Å². The first kappa shape index (κ1) is 17.7. The predicted octanol–water partition coefficient (Wildman–Crippen LogP) is 4.23. The summed E-state index contributed by atoms with van der Waals surface area (Å²) in [6, 6.07) is 14.7. The number of benzene rings is 2. The van der Waals surface area contributed by atoms with Gasteiger partial charge in [0.2, 0.25) is 5.91 Å². The normalized spacial score (nSPS) is 15.7. The van der Waals surface area contributed by atoms with E-state index < -0.39 is 0 Å². The van der Waals surface area contributed by atoms with Gasteiger partial charge in [-0.1, -0.05) is 29.3 Å². The first-order valence-electron chi connectivity index (χ1n) is 9.67. The van der Waals surface area contributed by atoms with Gasteiger partial charge in [0.25, 0.3) is 0 Å². The summed E-state index contributed by atoms with van der Waals surface area (Å²) in [6.45, 7) is 4.73. The van der Waals surface area contributed by atoms with Gasteiger partial charge in [0, 0.05) is 35.5 Å². The van der Waals surface area contributed by atoms with Gasteiger partial charge in [0.05, 0.1) is 6.61 Å². The molecule has 0 spiro atoms. The van der Waals surface area contributed by atoms with Crippen LogP contribution in [-0.2, 0) is 17.6 Å². The molecule has 0 radical (unpaired) electrons. The lowest BCUT2D eigenvalue weighted by Gasteiger charge is -2.13. The SMILES string of the molecule is Cc1ccc(OCCCC(=O)NC2Cc3[nH]c4ccc(C)cc4c3C2)cc1. The van der Waals surface area contributed by atoms with Crippen molar-refractivity contribution in [3.63, 3.8) is 0 Å². The Bertz CT molecular complexity index is 956. The minimum atomic E-state index is 0.109. The van der Waals surface area contributed by atoms with Crippen LogP contribution in [0.25, 0.3) is 10.9 Å². The number of carbonyl (C=O) groups is 1. The lowest BCUT2D eigenvalue weighted by Crippen LogP contribution is -2.35. The minimum absolute atomic E-state index is 0.109. The number of hydrogen-bond acceptors (Lipinski definition) is 2. The van der Waals surface area contributed by atoms with Gasteiger partial charge >= 0.3 is 0 Å². The van der Waals surface area contributed by atoms with Gasteiger partial charge < -0.3 is 15.0 Å². The van der Waals surface area contributed by atoms with Crippen LogP contribution < -0.4 is 10.1 Å². The quantitative estimate of drug-likeness (QED) is 0.645. The summed E-state index contributed by atoms with van der Waals surface area (Å²) in [4.78, 5) is 15.8. The van der Waals surface area contributed by atoms with Gasteiger partial charge in [-0.05, 0) is 56.5 Å². The van der Waals surface area contributed by atoms with Crippen molar-refractivity contribution < 1.29 is 9.53 Å². The minimum Gasteiger partial charge on any atom is -0.494 e. The lowest BCUT2D eigenvalue weighted by molar-refractivity contribution is -0.121. The molecule has 0 fully saturated rings. The van der Waals surface area contributed by atoms with Crippen LogP contribution in [-0.4, -0.2) is 23.5 Å². The zero-order valence-corrected chi connectivity index (χ0v) is 16.0. The standard InChI is InChI=1S/C23H26N2O2/c1-15-5-8-18(9-6-15)27-11-3-4-23(26)24-17-13-20-19-12-16(2)7-10-21(19)25-22(20)14-17/h5-10,12,17,25H,3-4,11,13-14H2,1-2H3,(H,24,26). The smallest absolute Gasteiger partial charge is 0.220 e. The monoisotopic (exact) mass is 362 g/mol. The predicted molar refractivity (Wildman–Crippen MR) is 108 cm³/mol. The molecule has 1 unspecified atom stereocenters. The van der Waals surface area contributed by atoms with Crippen LogP contribution in [0.2, 0.25) is 0 Å². The number of ether oxygens (including phenoxy) is 1. The van der Waals surface area contributed by atoms with E-state index in [-0.39, 0.29) is 11.9 Å². The van der Waals surface area contributed by atoms with E-state index in [0.29, 0.717) is 13.0 Å². The second-order valence-electron chi connectivity index (χ2n) is 7.57. The van der Waals surface area contributed by atoms with Crippen molar-refractivity contribution in [3.05, 3.63) is 64.8 Å². The molecule has 4 heteroatoms. The molecule has 0 saturated carbocycles. The number of aryl methyl sites for hydroxylation is 2. The first-order chi connectivity index (χ1) is 13.1. The number of H-pyrrole nitrogens is 1. The van der Waals surface area contributed by atoms with Crippen molar-refractivity contribution >= 4 is 16.8 Å². The summed E-state index contributed by atoms with van der Waals surface area (Å²) >= 11 is 0. The fourth-order valence-electron chi connectivity index (χ4n) is 3.85. The molecule has 3 aromatic rings. The van der Waals surface area contributed by atoms with E-state index in [2.05, 4.69) is 42.3 Å². The van der Waals surface area contributed by atoms with Crippen LogP contribution in [0.5, 0.6) is 5.75 Å². The Morgan fingerprint density at radius 3 is 2.70 bits per heavy atom. The molecule has 1 heterocycles. The molecule has 1 atom stereocenters. The maximum Gasteiger partial charge on any atom is 0.220 e. The maximum absolute atomic E-state index is 12.3. The third-order valence-electron chi connectivity index (χ3n) is 5.25. The molecule has 140 valence electrons. The molecule has 1 aliphatic carbocycles. The summed E-state index contributed by atoms with van der Waals surface area (Å²) in [5.41, 5.74) is 6.31. The molecule has 0 aliphatic heterocycles. The van der Waals surface area contributed by atoms with Crippen LogP contribution in [0, 0.1) is 13.8 Å². The van der Waals surface area contributed by atoms with E-state index in [1.807, 2.05) is 24.3 Å². The van der Waals surface area contributed by atoms with Gasteiger partial charge in [-0.2, -0.15) is 0 Å². The highest BCUT2D eigenvalue weighted by atomic mass is 16.5. The highest BCUT2D eigenvalue weighted by molar-refractivity contribution is 5.86. The van der Waals surface area contributed by atoms with Crippen molar-refractivity contribution in [3.8, 4) is 5.75 Å². The molecule has 0 bridgehead atoms. The lowest BCUT2D eigenvalue weighted by atomic mass is 10.1. The third kappa shape index (κ3) is 4.00. The van der Waals surface area contributed by atoms with Gasteiger partial charge in [0.1, 0.15) is 5.75 Å². The second kappa shape index (κ2) is 7.47. The average Bonchev–Trinajstić information content (AvgIpc) is 3.17. The fraction of sp³-hybridized carbons (Fsp3) is 0.348. The van der Waals surface area contributed by atoms with E-state index in [0.717, 1.165) is 25.0 Å². The number of amides is 1. The van der Waals surface area contributed by atoms with Crippen molar-refractivity contribution in [2.75, 3.05) is 6.61 Å². The molecular formula is C23H26N2O2. The van der Waals surface area contributed by atoms with Gasteiger partial charge in [0.15, 0.2) is 0 Å². The Morgan fingerprint density at radius 1 is 1.11 bits per heavy atom.